The summed E-state index contributed by atoms with van der Waals surface area (Å²) in [5.41, 5.74) is 4.43. The highest BCUT2D eigenvalue weighted by molar-refractivity contribution is 5.80. The third-order valence-electron chi connectivity index (χ3n) is 4.49. The summed E-state index contributed by atoms with van der Waals surface area (Å²) in [5, 5.41) is 25.7. The molecule has 0 unspecified atom stereocenters. The predicted octanol–water partition coefficient (Wildman–Crippen LogP) is 0.646. The Kier molecular flexibility index (Phi) is 8.53. The van der Waals surface area contributed by atoms with Crippen LogP contribution in [-0.2, 0) is 0 Å². The third kappa shape index (κ3) is 7.28. The van der Waals surface area contributed by atoms with Crippen LogP contribution in [0.5, 0.6) is 0 Å². The maximum atomic E-state index is 8.33. The molecule has 3 aromatic rings. The highest BCUT2D eigenvalue weighted by atomic mass is 16.6. The quantitative estimate of drug-likeness (QED) is 0.417. The Morgan fingerprint density at radius 2 is 1.34 bits per heavy atom. The lowest BCUT2D eigenvalue weighted by Gasteiger charge is -2.11. The van der Waals surface area contributed by atoms with Crippen molar-refractivity contribution in [3.05, 3.63) is 77.9 Å². The Bertz CT molecular complexity index is 992. The van der Waals surface area contributed by atoms with Crippen molar-refractivity contribution < 1.29 is 21.1 Å². The summed E-state index contributed by atoms with van der Waals surface area (Å²) in [7, 11) is 8.12. The second kappa shape index (κ2) is 11.3. The molecule has 1 heterocycles. The van der Waals surface area contributed by atoms with Gasteiger partial charge in [0.1, 0.15) is 0 Å². The first-order chi connectivity index (χ1) is 15.2. The normalized spacial score (nSPS) is 10.8. The minimum absolute atomic E-state index is 0. The number of carboxylic acid groups (broad SMARTS) is 2. The maximum absolute atomic E-state index is 8.33. The molecule has 168 valence electrons. The van der Waals surface area contributed by atoms with Gasteiger partial charge < -0.3 is 24.8 Å². The van der Waals surface area contributed by atoms with Crippen LogP contribution < -0.4 is 24.7 Å². The third-order valence-corrected chi connectivity index (χ3v) is 4.49. The fourth-order valence-electron chi connectivity index (χ4n) is 2.67. The zero-order chi connectivity index (χ0) is 23.7. The standard InChI is InChI=1S/C22H27N6.CH2O3/c1-18-27(23-16-19-6-10-21(11-7-19)25(2)3)14-15-28(18)24-17-20-8-12-22(13-9-20)26(4)5;2-1(3)4/h6-17H,1-5H3;(H2,2,3,4)/q+1;/p-1/b23-16+,24-17+;. The van der Waals surface area contributed by atoms with Crippen molar-refractivity contribution in [2.24, 2.45) is 10.2 Å². The highest BCUT2D eigenvalue weighted by Gasteiger charge is 2.10. The Hall–Kier alpha value is -4.14. The van der Waals surface area contributed by atoms with Gasteiger partial charge in [-0.1, -0.05) is 34.5 Å². The number of carbonyl (C=O) groups excluding carboxylic acids is 1. The molecule has 0 bridgehead atoms. The molecule has 0 amide bonds. The van der Waals surface area contributed by atoms with Gasteiger partial charge in [-0.15, -0.1) is 9.35 Å². The molecule has 0 N–H and O–H groups in total. The van der Waals surface area contributed by atoms with Crippen LogP contribution in [0, 0.1) is 6.92 Å². The van der Waals surface area contributed by atoms with Crippen LogP contribution >= 0.6 is 0 Å². The van der Waals surface area contributed by atoms with Crippen LogP contribution in [0.1, 0.15) is 18.4 Å². The zero-order valence-corrected chi connectivity index (χ0v) is 18.8. The fraction of sp³-hybridized carbons (Fsp3) is 0.217. The molecule has 9 nitrogen and oxygen atoms in total. The number of nitrogens with zero attached hydrogens (tertiary/aromatic N) is 6. The molecule has 0 aliphatic heterocycles. The van der Waals surface area contributed by atoms with Crippen molar-refractivity contribution in [3.8, 4) is 0 Å². The number of rotatable bonds is 6. The lowest BCUT2D eigenvalue weighted by molar-refractivity contribution is -0.684. The molecule has 0 saturated carbocycles. The van der Waals surface area contributed by atoms with E-state index in [-0.39, 0.29) is 1.43 Å². The Balaban J connectivity index is 0.00000101. The van der Waals surface area contributed by atoms with E-state index in [0.717, 1.165) is 17.0 Å². The molecule has 0 spiro atoms. The van der Waals surface area contributed by atoms with Crippen LogP contribution in [-0.4, -0.2) is 51.5 Å². The van der Waals surface area contributed by atoms with Crippen LogP contribution in [0.25, 0.3) is 0 Å². The Morgan fingerprint density at radius 1 is 0.906 bits per heavy atom. The van der Waals surface area contributed by atoms with Gasteiger partial charge in [0.15, 0.2) is 12.4 Å². The molecule has 0 radical (unpaired) electrons. The number of imidazole rings is 1. The van der Waals surface area contributed by atoms with E-state index in [0.29, 0.717) is 0 Å². The van der Waals surface area contributed by atoms with Gasteiger partial charge in [0, 0.05) is 46.5 Å². The summed E-state index contributed by atoms with van der Waals surface area (Å²) < 4.78 is 3.62. The van der Waals surface area contributed by atoms with Gasteiger partial charge in [0.2, 0.25) is 0 Å². The fourth-order valence-corrected chi connectivity index (χ4v) is 2.67. The van der Waals surface area contributed by atoms with E-state index in [1.807, 2.05) is 69.3 Å². The Labute approximate surface area is 189 Å². The molecule has 0 aliphatic carbocycles. The molecule has 1 aromatic heterocycles. The number of benzene rings is 2. The minimum Gasteiger partial charge on any atom is -0.652 e. The monoisotopic (exact) mass is 436 g/mol. The van der Waals surface area contributed by atoms with Crippen molar-refractivity contribution in [2.75, 3.05) is 38.0 Å². The highest BCUT2D eigenvalue weighted by Crippen LogP contribution is 2.12. The topological polar surface area (TPSA) is 103 Å². The largest absolute Gasteiger partial charge is 1.00 e. The van der Waals surface area contributed by atoms with E-state index in [1.54, 1.807) is 0 Å². The zero-order valence-electron chi connectivity index (χ0n) is 19.8. The number of carbonyl (C=O) groups is 1. The lowest BCUT2D eigenvalue weighted by Crippen LogP contribution is -2.37. The van der Waals surface area contributed by atoms with Gasteiger partial charge in [0.25, 0.3) is 0 Å². The predicted molar refractivity (Wildman–Crippen MR) is 123 cm³/mol. The second-order valence-electron chi connectivity index (χ2n) is 7.25. The summed E-state index contributed by atoms with van der Waals surface area (Å²) in [5.74, 6) is 0.919. The van der Waals surface area contributed by atoms with Crippen molar-refractivity contribution in [3.63, 3.8) is 0 Å². The summed E-state index contributed by atoms with van der Waals surface area (Å²) in [4.78, 5) is 12.5. The van der Waals surface area contributed by atoms with E-state index in [1.165, 1.54) is 11.4 Å². The van der Waals surface area contributed by atoms with Crippen molar-refractivity contribution in [2.45, 2.75) is 6.92 Å². The molecule has 3 rings (SSSR count). The maximum Gasteiger partial charge on any atom is 1.00 e. The lowest BCUT2D eigenvalue weighted by atomic mass is 10.2. The average molecular weight is 437 g/mol. The van der Waals surface area contributed by atoms with Gasteiger partial charge in [-0.05, 0) is 41.5 Å². The molecule has 0 atom stereocenters. The summed E-state index contributed by atoms with van der Waals surface area (Å²) in [6, 6.07) is 16.5. The molecule has 2 aromatic carbocycles. The van der Waals surface area contributed by atoms with Gasteiger partial charge >= 0.3 is 7.25 Å². The molecular weight excluding hydrogens is 408 g/mol. The van der Waals surface area contributed by atoms with Crippen molar-refractivity contribution in [1.82, 2.24) is 4.68 Å². The SMILES string of the molecule is Cc1n(/N=C/c2ccc(N(C)C)cc2)cc[n+]1/N=C/c1ccc(N(C)C)cc1.O=C([O-])[O-].[H+]. The summed E-state index contributed by atoms with van der Waals surface area (Å²) in [6.45, 7) is 1.99. The van der Waals surface area contributed by atoms with Gasteiger partial charge in [-0.3, -0.25) is 0 Å². The number of hydrogen-bond acceptors (Lipinski definition) is 7. The molecular formula is C23H28N6O3. The molecule has 0 fully saturated rings. The molecule has 32 heavy (non-hydrogen) atoms. The first-order valence-corrected chi connectivity index (χ1v) is 9.78. The van der Waals surface area contributed by atoms with Crippen LogP contribution in [0.4, 0.5) is 16.2 Å². The Morgan fingerprint density at radius 3 is 1.78 bits per heavy atom. The van der Waals surface area contributed by atoms with Crippen molar-refractivity contribution in [1.29, 1.82) is 0 Å². The van der Waals surface area contributed by atoms with Crippen LogP contribution in [0.2, 0.25) is 0 Å². The molecule has 0 aliphatic rings. The van der Waals surface area contributed by atoms with E-state index in [9.17, 15) is 0 Å². The van der Waals surface area contributed by atoms with Crippen LogP contribution in [0.15, 0.2) is 71.1 Å². The van der Waals surface area contributed by atoms with Gasteiger partial charge in [-0.2, -0.15) is 0 Å². The van der Waals surface area contributed by atoms with E-state index in [4.69, 9.17) is 15.0 Å². The number of aromatic nitrogens is 2. The van der Waals surface area contributed by atoms with Crippen molar-refractivity contribution >= 4 is 30.0 Å². The minimum atomic E-state index is -2.33. The first kappa shape index (κ1) is 24.1. The first-order valence-electron chi connectivity index (χ1n) is 9.78. The average Bonchev–Trinajstić information content (AvgIpc) is 3.10. The smallest absolute Gasteiger partial charge is 0.652 e. The van der Waals surface area contributed by atoms with E-state index in [2.05, 4.69) is 68.5 Å². The summed E-state index contributed by atoms with van der Waals surface area (Å²) >= 11 is 0. The molecule has 0 saturated heterocycles. The van der Waals surface area contributed by atoms with E-state index < -0.39 is 6.16 Å². The van der Waals surface area contributed by atoms with E-state index >= 15 is 0 Å². The summed E-state index contributed by atoms with van der Waals surface area (Å²) in [6.07, 6.45) is 5.15. The second-order valence-corrected chi connectivity index (χ2v) is 7.25. The number of hydrogen-bond donors (Lipinski definition) is 0. The molecule has 9 heteroatoms. The van der Waals surface area contributed by atoms with Crippen LogP contribution in [0.3, 0.4) is 0 Å². The van der Waals surface area contributed by atoms with Gasteiger partial charge in [-0.25, -0.2) is 0 Å². The number of anilines is 2. The van der Waals surface area contributed by atoms with Gasteiger partial charge in [0.05, 0.1) is 12.4 Å².